The molecule has 2 aromatic carbocycles. The number of hydrogen-bond donors (Lipinski definition) is 2. The number of piperazine rings is 1. The first-order valence-corrected chi connectivity index (χ1v) is 8.36. The lowest BCUT2D eigenvalue weighted by atomic mass is 10.0. The van der Waals surface area contributed by atoms with Gasteiger partial charge in [0.2, 0.25) is 5.91 Å². The van der Waals surface area contributed by atoms with Crippen molar-refractivity contribution in [1.29, 1.82) is 0 Å². The van der Waals surface area contributed by atoms with E-state index in [-0.39, 0.29) is 24.2 Å². The first kappa shape index (κ1) is 17.8. The molecule has 0 aromatic heterocycles. The summed E-state index contributed by atoms with van der Waals surface area (Å²) < 4.78 is 26.6. The van der Waals surface area contributed by atoms with Crippen LogP contribution in [0.2, 0.25) is 5.02 Å². The minimum atomic E-state index is -0.795. The number of nitrogens with zero attached hydrogens (tertiary/aromatic N) is 1. The number of benzene rings is 2. The molecule has 7 heteroatoms. The lowest BCUT2D eigenvalue weighted by Gasteiger charge is -2.36. The fourth-order valence-corrected chi connectivity index (χ4v) is 3.21. The van der Waals surface area contributed by atoms with Crippen LogP contribution in [0.3, 0.4) is 0 Å². The molecular weight excluding hydrogens is 348 g/mol. The van der Waals surface area contributed by atoms with Gasteiger partial charge in [-0.05, 0) is 23.8 Å². The summed E-state index contributed by atoms with van der Waals surface area (Å²) in [5.74, 6) is -1.84. The van der Waals surface area contributed by atoms with Gasteiger partial charge >= 0.3 is 0 Å². The summed E-state index contributed by atoms with van der Waals surface area (Å²) in [6.07, 6.45) is 0. The number of nitrogens with one attached hydrogen (secondary N) is 2. The number of carbonyl (C=O) groups is 1. The molecule has 3 rings (SSSR count). The third-order valence-corrected chi connectivity index (χ3v) is 4.51. The van der Waals surface area contributed by atoms with Crippen molar-refractivity contribution in [2.24, 2.45) is 0 Å². The third-order valence-electron chi connectivity index (χ3n) is 4.17. The minimum Gasteiger partial charge on any atom is -0.322 e. The molecule has 1 unspecified atom stereocenters. The highest BCUT2D eigenvalue weighted by molar-refractivity contribution is 6.31. The lowest BCUT2D eigenvalue weighted by molar-refractivity contribution is -0.118. The van der Waals surface area contributed by atoms with E-state index in [2.05, 4.69) is 10.6 Å². The number of amides is 1. The van der Waals surface area contributed by atoms with Crippen molar-refractivity contribution in [2.45, 2.75) is 6.04 Å². The Morgan fingerprint density at radius 2 is 2.08 bits per heavy atom. The van der Waals surface area contributed by atoms with Crippen molar-refractivity contribution >= 4 is 23.2 Å². The topological polar surface area (TPSA) is 44.4 Å². The molecule has 0 aliphatic carbocycles. The van der Waals surface area contributed by atoms with Gasteiger partial charge < -0.3 is 10.6 Å². The summed E-state index contributed by atoms with van der Waals surface area (Å²) in [6, 6.07) is 10.5. The zero-order valence-electron chi connectivity index (χ0n) is 13.4. The monoisotopic (exact) mass is 365 g/mol. The second kappa shape index (κ2) is 7.91. The fourth-order valence-electron chi connectivity index (χ4n) is 2.95. The van der Waals surface area contributed by atoms with Gasteiger partial charge in [0.25, 0.3) is 0 Å². The zero-order chi connectivity index (χ0) is 17.8. The molecule has 1 amide bonds. The van der Waals surface area contributed by atoms with Crippen molar-refractivity contribution in [2.75, 3.05) is 31.5 Å². The Kier molecular flexibility index (Phi) is 5.63. The Morgan fingerprint density at radius 3 is 2.84 bits per heavy atom. The summed E-state index contributed by atoms with van der Waals surface area (Å²) >= 11 is 6.28. The van der Waals surface area contributed by atoms with E-state index in [1.807, 2.05) is 29.2 Å². The zero-order valence-corrected chi connectivity index (χ0v) is 14.2. The van der Waals surface area contributed by atoms with Crippen molar-refractivity contribution in [3.05, 3.63) is 64.7 Å². The van der Waals surface area contributed by atoms with Gasteiger partial charge in [0, 0.05) is 36.8 Å². The van der Waals surface area contributed by atoms with E-state index in [0.717, 1.165) is 24.2 Å². The third kappa shape index (κ3) is 4.34. The standard InChI is InChI=1S/C18H18ClF2N3O/c19-14-4-2-1-3-13(14)17-10-22-7-8-24(17)11-18(25)23-16-6-5-12(20)9-15(16)21/h1-6,9,17,22H,7-8,10-11H2,(H,23,25). The van der Waals surface area contributed by atoms with Crippen LogP contribution in [0.5, 0.6) is 0 Å². The summed E-state index contributed by atoms with van der Waals surface area (Å²) in [5.41, 5.74) is 0.910. The van der Waals surface area contributed by atoms with E-state index in [1.54, 1.807) is 0 Å². The molecule has 2 N–H and O–H groups in total. The van der Waals surface area contributed by atoms with Gasteiger partial charge in [-0.1, -0.05) is 29.8 Å². The molecule has 1 atom stereocenters. The normalized spacial score (nSPS) is 18.1. The molecular formula is C18H18ClF2N3O. The molecule has 1 fully saturated rings. The van der Waals surface area contributed by atoms with Crippen LogP contribution in [0.1, 0.15) is 11.6 Å². The lowest BCUT2D eigenvalue weighted by Crippen LogP contribution is -2.48. The van der Waals surface area contributed by atoms with Crippen LogP contribution >= 0.6 is 11.6 Å². The highest BCUT2D eigenvalue weighted by Gasteiger charge is 2.27. The van der Waals surface area contributed by atoms with Crippen molar-refractivity contribution in [1.82, 2.24) is 10.2 Å². The number of carbonyl (C=O) groups excluding carboxylic acids is 1. The molecule has 1 heterocycles. The maximum Gasteiger partial charge on any atom is 0.238 e. The van der Waals surface area contributed by atoms with E-state index in [0.29, 0.717) is 18.1 Å². The van der Waals surface area contributed by atoms with Crippen molar-refractivity contribution in [3.8, 4) is 0 Å². The maximum absolute atomic E-state index is 13.7. The van der Waals surface area contributed by atoms with Crippen molar-refractivity contribution in [3.63, 3.8) is 0 Å². The quantitative estimate of drug-likeness (QED) is 0.874. The molecule has 1 aliphatic rings. The molecule has 4 nitrogen and oxygen atoms in total. The van der Waals surface area contributed by atoms with Gasteiger partial charge in [-0.3, -0.25) is 9.69 Å². The average molecular weight is 366 g/mol. The van der Waals surface area contributed by atoms with Crippen LogP contribution in [0.15, 0.2) is 42.5 Å². The molecule has 2 aromatic rings. The molecule has 0 spiro atoms. The van der Waals surface area contributed by atoms with Gasteiger partial charge in [0.15, 0.2) is 0 Å². The van der Waals surface area contributed by atoms with Gasteiger partial charge in [-0.15, -0.1) is 0 Å². The average Bonchev–Trinajstić information content (AvgIpc) is 2.59. The Morgan fingerprint density at radius 1 is 1.28 bits per heavy atom. The second-order valence-corrected chi connectivity index (χ2v) is 6.29. The predicted molar refractivity (Wildman–Crippen MR) is 93.6 cm³/mol. The number of anilines is 1. The predicted octanol–water partition coefficient (Wildman–Crippen LogP) is 3.20. The second-order valence-electron chi connectivity index (χ2n) is 5.88. The Balaban J connectivity index is 1.71. The summed E-state index contributed by atoms with van der Waals surface area (Å²) in [6.45, 7) is 2.17. The first-order valence-electron chi connectivity index (χ1n) is 7.98. The SMILES string of the molecule is O=C(CN1CCNCC1c1ccccc1Cl)Nc1ccc(F)cc1F. The summed E-state index contributed by atoms with van der Waals surface area (Å²) in [4.78, 5) is 14.3. The van der Waals surface area contributed by atoms with Crippen LogP contribution in [0.25, 0.3) is 0 Å². The summed E-state index contributed by atoms with van der Waals surface area (Å²) in [5, 5.41) is 6.44. The van der Waals surface area contributed by atoms with Gasteiger partial charge in [0.05, 0.1) is 12.2 Å². The molecule has 132 valence electrons. The molecule has 0 bridgehead atoms. The van der Waals surface area contributed by atoms with Crippen LogP contribution in [-0.2, 0) is 4.79 Å². The van der Waals surface area contributed by atoms with Crippen LogP contribution in [0, 0.1) is 11.6 Å². The van der Waals surface area contributed by atoms with Gasteiger partial charge in [0.1, 0.15) is 11.6 Å². The largest absolute Gasteiger partial charge is 0.322 e. The molecule has 1 saturated heterocycles. The summed E-state index contributed by atoms with van der Waals surface area (Å²) in [7, 11) is 0. The van der Waals surface area contributed by atoms with Crippen LogP contribution < -0.4 is 10.6 Å². The Labute approximate surface area is 149 Å². The molecule has 25 heavy (non-hydrogen) atoms. The van der Waals surface area contributed by atoms with E-state index in [9.17, 15) is 13.6 Å². The van der Waals surface area contributed by atoms with Gasteiger partial charge in [-0.2, -0.15) is 0 Å². The first-order chi connectivity index (χ1) is 12.0. The molecule has 0 saturated carbocycles. The van der Waals surface area contributed by atoms with E-state index >= 15 is 0 Å². The van der Waals surface area contributed by atoms with Gasteiger partial charge in [-0.25, -0.2) is 8.78 Å². The van der Waals surface area contributed by atoms with E-state index in [4.69, 9.17) is 11.6 Å². The Hall–Kier alpha value is -2.02. The van der Waals surface area contributed by atoms with Crippen molar-refractivity contribution < 1.29 is 13.6 Å². The van der Waals surface area contributed by atoms with Crippen LogP contribution in [0.4, 0.5) is 14.5 Å². The van der Waals surface area contributed by atoms with Crippen LogP contribution in [-0.4, -0.2) is 37.0 Å². The van der Waals surface area contributed by atoms with E-state index < -0.39 is 11.6 Å². The number of rotatable bonds is 4. The number of hydrogen-bond acceptors (Lipinski definition) is 3. The van der Waals surface area contributed by atoms with E-state index in [1.165, 1.54) is 6.07 Å². The maximum atomic E-state index is 13.7. The molecule has 0 radical (unpaired) electrons. The smallest absolute Gasteiger partial charge is 0.238 e. The number of halogens is 3. The molecule has 1 aliphatic heterocycles. The highest BCUT2D eigenvalue weighted by Crippen LogP contribution is 2.28. The Bertz CT molecular complexity index is 772. The fraction of sp³-hybridized carbons (Fsp3) is 0.278. The highest BCUT2D eigenvalue weighted by atomic mass is 35.5. The minimum absolute atomic E-state index is 0.0316.